The van der Waals surface area contributed by atoms with E-state index in [0.29, 0.717) is 5.52 Å². The van der Waals surface area contributed by atoms with E-state index in [0.717, 1.165) is 22.2 Å². The lowest BCUT2D eigenvalue weighted by Crippen LogP contribution is -2.32. The van der Waals surface area contributed by atoms with Gasteiger partial charge in [0.25, 0.3) is 0 Å². The highest BCUT2D eigenvalue weighted by molar-refractivity contribution is 5.93. The first-order valence-corrected chi connectivity index (χ1v) is 7.11. The Morgan fingerprint density at radius 2 is 1.74 bits per heavy atom. The Morgan fingerprint density at radius 1 is 1.13 bits per heavy atom. The van der Waals surface area contributed by atoms with Crippen LogP contribution in [0.25, 0.3) is 10.9 Å². The van der Waals surface area contributed by atoms with Gasteiger partial charge in [-0.3, -0.25) is 9.59 Å². The van der Waals surface area contributed by atoms with Gasteiger partial charge >= 0.3 is 0 Å². The van der Waals surface area contributed by atoms with Crippen LogP contribution in [0.4, 0.5) is 0 Å². The van der Waals surface area contributed by atoms with Crippen LogP contribution < -0.4 is 11.4 Å². The number of hydrogen-bond acceptors (Lipinski definition) is 3. The van der Waals surface area contributed by atoms with Crippen molar-refractivity contribution >= 4 is 28.7 Å². The third kappa shape index (κ3) is 3.33. The third-order valence-electron chi connectivity index (χ3n) is 3.51. The third-order valence-corrected chi connectivity index (χ3v) is 3.51. The second kappa shape index (κ2) is 6.12. The highest BCUT2D eigenvalue weighted by Gasteiger charge is 2.12. The maximum atomic E-state index is 12.1. The van der Waals surface area contributed by atoms with Gasteiger partial charge in [-0.1, -0.05) is 0 Å². The molecule has 1 aromatic heterocycles. The molecule has 120 valence electrons. The summed E-state index contributed by atoms with van der Waals surface area (Å²) in [6, 6.07) is 3.90. The summed E-state index contributed by atoms with van der Waals surface area (Å²) in [6.07, 6.45) is 0. The molecule has 0 saturated heterocycles. The number of aryl methyl sites for hydroxylation is 3. The number of fused-ring (bicyclic) bond motifs is 1. The minimum Gasteiger partial charge on any atom is -0.368 e. The average molecular weight is 313 g/mol. The number of aromatic nitrogens is 2. The first kappa shape index (κ1) is 16.5. The highest BCUT2D eigenvalue weighted by Crippen LogP contribution is 2.20. The van der Waals surface area contributed by atoms with Gasteiger partial charge in [0.05, 0.1) is 11.2 Å². The number of nitrogens with two attached hydrogens (primary N) is 1. The minimum atomic E-state index is -0.468. The number of carbonyl (C=O) groups is 2. The van der Waals surface area contributed by atoms with Crippen molar-refractivity contribution < 1.29 is 9.59 Å². The van der Waals surface area contributed by atoms with Crippen molar-refractivity contribution in [1.29, 1.82) is 0 Å². The molecule has 1 heterocycles. The summed E-state index contributed by atoms with van der Waals surface area (Å²) >= 11 is 0. The molecule has 1 aromatic carbocycles. The summed E-state index contributed by atoms with van der Waals surface area (Å²) in [5.41, 5.74) is 9.30. The molecule has 1 amide bonds. The average Bonchev–Trinajstić information content (AvgIpc) is 2.39. The monoisotopic (exact) mass is 313 g/mol. The lowest BCUT2D eigenvalue weighted by molar-refractivity contribution is -0.115. The lowest BCUT2D eigenvalue weighted by Gasteiger charge is -2.12. The maximum Gasteiger partial charge on any atom is 0.245 e. The van der Waals surface area contributed by atoms with E-state index < -0.39 is 5.91 Å². The molecular formula is C16H19N5O2. The molecule has 0 unspecified atom stereocenters. The summed E-state index contributed by atoms with van der Waals surface area (Å²) in [6.45, 7) is 8.49. The molecule has 0 saturated carbocycles. The number of guanidine groups is 1. The van der Waals surface area contributed by atoms with Crippen molar-refractivity contribution in [2.24, 2.45) is 15.7 Å². The molecule has 2 rings (SSSR count). The van der Waals surface area contributed by atoms with Crippen molar-refractivity contribution in [2.45, 2.75) is 34.6 Å². The Morgan fingerprint density at radius 3 is 2.30 bits per heavy atom. The Bertz CT molecular complexity index is 922. The van der Waals surface area contributed by atoms with E-state index in [2.05, 4.69) is 15.0 Å². The van der Waals surface area contributed by atoms with Gasteiger partial charge in [0.2, 0.25) is 23.4 Å². The van der Waals surface area contributed by atoms with Crippen LogP contribution in [0.3, 0.4) is 0 Å². The molecule has 0 aliphatic carbocycles. The number of amides is 1. The van der Waals surface area contributed by atoms with Crippen LogP contribution in [-0.2, 0) is 4.79 Å². The van der Waals surface area contributed by atoms with Crippen molar-refractivity contribution in [2.75, 3.05) is 0 Å². The molecule has 0 spiro atoms. The second-order valence-corrected chi connectivity index (χ2v) is 5.41. The Kier molecular flexibility index (Phi) is 4.40. The summed E-state index contributed by atoms with van der Waals surface area (Å²) in [7, 11) is 0. The molecule has 7 nitrogen and oxygen atoms in total. The predicted octanol–water partition coefficient (Wildman–Crippen LogP) is 1.38. The van der Waals surface area contributed by atoms with E-state index in [1.807, 2.05) is 32.9 Å². The van der Waals surface area contributed by atoms with Gasteiger partial charge in [0, 0.05) is 19.2 Å². The van der Waals surface area contributed by atoms with Crippen molar-refractivity contribution in [1.82, 2.24) is 9.55 Å². The van der Waals surface area contributed by atoms with Gasteiger partial charge in [-0.05, 0) is 44.0 Å². The van der Waals surface area contributed by atoms with E-state index in [-0.39, 0.29) is 17.5 Å². The lowest BCUT2D eigenvalue weighted by atomic mass is 10.1. The van der Waals surface area contributed by atoms with Crippen LogP contribution in [0.1, 0.15) is 35.5 Å². The molecule has 2 aromatic rings. The van der Waals surface area contributed by atoms with Gasteiger partial charge in [-0.15, -0.1) is 0 Å². The van der Waals surface area contributed by atoms with Crippen LogP contribution in [0, 0.1) is 20.8 Å². The van der Waals surface area contributed by atoms with E-state index >= 15 is 0 Å². The summed E-state index contributed by atoms with van der Waals surface area (Å²) < 4.78 is 1.37. The van der Waals surface area contributed by atoms with E-state index in [4.69, 9.17) is 5.73 Å². The highest BCUT2D eigenvalue weighted by atomic mass is 16.2. The van der Waals surface area contributed by atoms with Crippen LogP contribution >= 0.6 is 0 Å². The summed E-state index contributed by atoms with van der Waals surface area (Å²) in [5, 5.41) is 0.865. The Balaban J connectivity index is 2.94. The Hall–Kier alpha value is -2.83. The zero-order chi connectivity index (χ0) is 17.3. The number of aliphatic imine (C=N–C) groups is 1. The number of rotatable bonds is 0. The molecule has 0 bridgehead atoms. The van der Waals surface area contributed by atoms with E-state index in [1.165, 1.54) is 18.4 Å². The van der Waals surface area contributed by atoms with Gasteiger partial charge in [0.1, 0.15) is 0 Å². The molecule has 0 radical (unpaired) electrons. The SMILES string of the molecule is CC(=O)N=C(N)/N=c1\nc(C)c2cc(C)c(C)cc2n1C(C)=O. The molecule has 23 heavy (non-hydrogen) atoms. The second-order valence-electron chi connectivity index (χ2n) is 5.41. The summed E-state index contributed by atoms with van der Waals surface area (Å²) in [4.78, 5) is 35.0. The molecule has 0 atom stereocenters. The smallest absolute Gasteiger partial charge is 0.245 e. The first-order chi connectivity index (χ1) is 10.7. The van der Waals surface area contributed by atoms with Crippen molar-refractivity contribution in [3.8, 4) is 0 Å². The maximum absolute atomic E-state index is 12.1. The summed E-state index contributed by atoms with van der Waals surface area (Å²) in [5.74, 6) is -0.952. The van der Waals surface area contributed by atoms with Crippen molar-refractivity contribution in [3.05, 3.63) is 34.6 Å². The van der Waals surface area contributed by atoms with E-state index in [1.54, 1.807) is 0 Å². The number of benzene rings is 1. The molecular weight excluding hydrogens is 294 g/mol. The zero-order valence-corrected chi connectivity index (χ0v) is 13.8. The standard InChI is InChI=1S/C16H19N5O2/c1-8-6-13-10(3)18-16(20-15(17)19-11(4)22)21(12(5)23)14(13)7-9(8)2/h6-7H,1-5H3,(H2,17,19,22)/b20-16+. The quantitative estimate of drug-likeness (QED) is 0.586. The molecule has 0 aliphatic heterocycles. The fourth-order valence-electron chi connectivity index (χ4n) is 2.32. The van der Waals surface area contributed by atoms with Gasteiger partial charge in [-0.25, -0.2) is 9.55 Å². The predicted molar refractivity (Wildman–Crippen MR) is 88.1 cm³/mol. The topological polar surface area (TPSA) is 103 Å². The molecule has 7 heteroatoms. The van der Waals surface area contributed by atoms with Gasteiger partial charge in [0.15, 0.2) is 0 Å². The molecule has 0 fully saturated rings. The number of hydrogen-bond donors (Lipinski definition) is 1. The minimum absolute atomic E-state index is 0.105. The van der Waals surface area contributed by atoms with Gasteiger partial charge < -0.3 is 5.73 Å². The van der Waals surface area contributed by atoms with Crippen LogP contribution in [-0.4, -0.2) is 27.3 Å². The first-order valence-electron chi connectivity index (χ1n) is 7.11. The Labute approximate surface area is 133 Å². The van der Waals surface area contributed by atoms with Crippen molar-refractivity contribution in [3.63, 3.8) is 0 Å². The largest absolute Gasteiger partial charge is 0.368 e. The van der Waals surface area contributed by atoms with E-state index in [9.17, 15) is 9.59 Å². The van der Waals surface area contributed by atoms with Crippen LogP contribution in [0.2, 0.25) is 0 Å². The molecule has 0 aliphatic rings. The normalized spacial score (nSPS) is 12.7. The fourth-order valence-corrected chi connectivity index (χ4v) is 2.32. The fraction of sp³-hybridized carbons (Fsp3) is 0.312. The number of nitrogens with zero attached hydrogens (tertiary/aromatic N) is 4. The van der Waals surface area contributed by atoms with Gasteiger partial charge in [-0.2, -0.15) is 9.98 Å². The molecule has 2 N–H and O–H groups in total. The van der Waals surface area contributed by atoms with Crippen LogP contribution in [0.5, 0.6) is 0 Å². The number of carbonyl (C=O) groups excluding carboxylic acids is 2. The zero-order valence-electron chi connectivity index (χ0n) is 13.8. The van der Waals surface area contributed by atoms with Crippen LogP contribution in [0.15, 0.2) is 22.1 Å².